The molecule has 1 aliphatic heterocycles. The predicted molar refractivity (Wildman–Crippen MR) is 114 cm³/mol. The van der Waals surface area contributed by atoms with E-state index >= 15 is 0 Å². The van der Waals surface area contributed by atoms with Crippen LogP contribution in [0.1, 0.15) is 5.56 Å². The SMILES string of the molecule is CN1CCN(c2cccc3ccc(NC(=O)OCc4ccccc4)cc23)CC1. The Balaban J connectivity index is 1.49. The quantitative estimate of drug-likeness (QED) is 0.737. The van der Waals surface area contributed by atoms with Gasteiger partial charge in [-0.15, -0.1) is 0 Å². The normalized spacial score (nSPS) is 14.8. The topological polar surface area (TPSA) is 44.8 Å². The Morgan fingerprint density at radius 1 is 0.964 bits per heavy atom. The second kappa shape index (κ2) is 8.31. The van der Waals surface area contributed by atoms with Crippen molar-refractivity contribution in [3.05, 3.63) is 72.3 Å². The first kappa shape index (κ1) is 18.3. The van der Waals surface area contributed by atoms with Crippen LogP contribution >= 0.6 is 0 Å². The highest BCUT2D eigenvalue weighted by Crippen LogP contribution is 2.30. The van der Waals surface area contributed by atoms with Crippen LogP contribution in [0.15, 0.2) is 66.7 Å². The van der Waals surface area contributed by atoms with E-state index in [4.69, 9.17) is 4.74 Å². The molecule has 28 heavy (non-hydrogen) atoms. The summed E-state index contributed by atoms with van der Waals surface area (Å²) in [6.45, 7) is 4.38. The molecular weight excluding hydrogens is 350 g/mol. The maximum absolute atomic E-state index is 12.2. The molecule has 3 aromatic rings. The Hall–Kier alpha value is -3.05. The molecule has 1 saturated heterocycles. The zero-order valence-corrected chi connectivity index (χ0v) is 16.1. The summed E-state index contributed by atoms with van der Waals surface area (Å²) in [7, 11) is 2.16. The molecule has 0 saturated carbocycles. The minimum absolute atomic E-state index is 0.257. The minimum Gasteiger partial charge on any atom is -0.444 e. The molecule has 144 valence electrons. The summed E-state index contributed by atoms with van der Waals surface area (Å²) in [5, 5.41) is 5.17. The van der Waals surface area contributed by atoms with E-state index in [-0.39, 0.29) is 6.61 Å². The number of nitrogens with zero attached hydrogens (tertiary/aromatic N) is 2. The Morgan fingerprint density at radius 2 is 1.75 bits per heavy atom. The highest BCUT2D eigenvalue weighted by atomic mass is 16.5. The van der Waals surface area contributed by atoms with Crippen LogP contribution in [0.5, 0.6) is 0 Å². The van der Waals surface area contributed by atoms with Gasteiger partial charge in [-0.25, -0.2) is 4.79 Å². The lowest BCUT2D eigenvalue weighted by molar-refractivity contribution is 0.155. The van der Waals surface area contributed by atoms with Crippen molar-refractivity contribution in [1.29, 1.82) is 0 Å². The van der Waals surface area contributed by atoms with Gasteiger partial charge < -0.3 is 14.5 Å². The van der Waals surface area contributed by atoms with Crippen molar-refractivity contribution < 1.29 is 9.53 Å². The van der Waals surface area contributed by atoms with E-state index in [1.54, 1.807) is 0 Å². The zero-order valence-electron chi connectivity index (χ0n) is 16.1. The Morgan fingerprint density at radius 3 is 2.54 bits per heavy atom. The molecule has 0 spiro atoms. The second-order valence-corrected chi connectivity index (χ2v) is 7.19. The third kappa shape index (κ3) is 4.26. The van der Waals surface area contributed by atoms with Crippen LogP contribution in [-0.2, 0) is 11.3 Å². The van der Waals surface area contributed by atoms with E-state index in [0.717, 1.165) is 42.8 Å². The van der Waals surface area contributed by atoms with Crippen LogP contribution in [0.2, 0.25) is 0 Å². The first-order valence-electron chi connectivity index (χ1n) is 9.63. The van der Waals surface area contributed by atoms with E-state index in [1.807, 2.05) is 48.5 Å². The molecule has 1 fully saturated rings. The lowest BCUT2D eigenvalue weighted by atomic mass is 10.1. The van der Waals surface area contributed by atoms with Crippen LogP contribution in [0, 0.1) is 0 Å². The minimum atomic E-state index is -0.444. The number of hydrogen-bond donors (Lipinski definition) is 1. The third-order valence-corrected chi connectivity index (χ3v) is 5.16. The molecule has 0 unspecified atom stereocenters. The monoisotopic (exact) mass is 375 g/mol. The number of benzene rings is 3. The molecule has 1 aliphatic rings. The molecule has 1 N–H and O–H groups in total. The molecule has 1 heterocycles. The Bertz CT molecular complexity index is 950. The Kier molecular flexibility index (Phi) is 5.44. The maximum atomic E-state index is 12.2. The molecule has 5 nitrogen and oxygen atoms in total. The summed E-state index contributed by atoms with van der Waals surface area (Å²) in [5.74, 6) is 0. The van der Waals surface area contributed by atoms with Crippen molar-refractivity contribution >= 4 is 28.2 Å². The number of amides is 1. The molecule has 0 radical (unpaired) electrons. The summed E-state index contributed by atoms with van der Waals surface area (Å²) in [6, 6.07) is 22.0. The lowest BCUT2D eigenvalue weighted by Crippen LogP contribution is -2.44. The van der Waals surface area contributed by atoms with Crippen LogP contribution < -0.4 is 10.2 Å². The summed E-state index contributed by atoms with van der Waals surface area (Å²) < 4.78 is 5.34. The first-order valence-corrected chi connectivity index (χ1v) is 9.63. The highest BCUT2D eigenvalue weighted by Gasteiger charge is 2.16. The molecule has 0 aliphatic carbocycles. The number of anilines is 2. The van der Waals surface area contributed by atoms with Gasteiger partial charge in [0, 0.05) is 42.9 Å². The number of likely N-dealkylation sites (N-methyl/N-ethyl adjacent to an activating group) is 1. The molecule has 5 heteroatoms. The molecular formula is C23H25N3O2. The van der Waals surface area contributed by atoms with Crippen LogP contribution in [0.4, 0.5) is 16.2 Å². The number of rotatable bonds is 4. The van der Waals surface area contributed by atoms with Crippen molar-refractivity contribution in [1.82, 2.24) is 4.90 Å². The van der Waals surface area contributed by atoms with E-state index < -0.39 is 6.09 Å². The summed E-state index contributed by atoms with van der Waals surface area (Å²) in [4.78, 5) is 17.0. The van der Waals surface area contributed by atoms with Crippen molar-refractivity contribution in [2.75, 3.05) is 43.4 Å². The molecule has 1 amide bonds. The number of ether oxygens (including phenoxy) is 1. The molecule has 4 rings (SSSR count). The van der Waals surface area contributed by atoms with Gasteiger partial charge in [-0.2, -0.15) is 0 Å². The summed E-state index contributed by atoms with van der Waals surface area (Å²) >= 11 is 0. The molecule has 0 atom stereocenters. The van der Waals surface area contributed by atoms with Gasteiger partial charge >= 0.3 is 6.09 Å². The number of carbonyl (C=O) groups is 1. The molecule has 3 aromatic carbocycles. The summed E-state index contributed by atoms with van der Waals surface area (Å²) in [6.07, 6.45) is -0.444. The smallest absolute Gasteiger partial charge is 0.411 e. The molecule has 0 aromatic heterocycles. The van der Waals surface area contributed by atoms with Crippen molar-refractivity contribution in [3.8, 4) is 0 Å². The van der Waals surface area contributed by atoms with E-state index in [0.29, 0.717) is 0 Å². The third-order valence-electron chi connectivity index (χ3n) is 5.16. The maximum Gasteiger partial charge on any atom is 0.411 e. The summed E-state index contributed by atoms with van der Waals surface area (Å²) in [5.41, 5.74) is 2.92. The Labute approximate surface area is 165 Å². The van der Waals surface area contributed by atoms with Gasteiger partial charge in [0.25, 0.3) is 0 Å². The van der Waals surface area contributed by atoms with Gasteiger partial charge in [-0.1, -0.05) is 48.5 Å². The largest absolute Gasteiger partial charge is 0.444 e. The van der Waals surface area contributed by atoms with E-state index in [2.05, 4.69) is 40.4 Å². The average molecular weight is 375 g/mol. The van der Waals surface area contributed by atoms with Crippen molar-refractivity contribution in [3.63, 3.8) is 0 Å². The van der Waals surface area contributed by atoms with Crippen molar-refractivity contribution in [2.24, 2.45) is 0 Å². The van der Waals surface area contributed by atoms with Crippen molar-refractivity contribution in [2.45, 2.75) is 6.61 Å². The fraction of sp³-hybridized carbons (Fsp3) is 0.261. The number of nitrogens with one attached hydrogen (secondary N) is 1. The number of piperazine rings is 1. The predicted octanol–water partition coefficient (Wildman–Crippen LogP) is 4.34. The number of hydrogen-bond acceptors (Lipinski definition) is 4. The lowest BCUT2D eigenvalue weighted by Gasteiger charge is -2.34. The number of fused-ring (bicyclic) bond motifs is 1. The second-order valence-electron chi connectivity index (χ2n) is 7.19. The van der Waals surface area contributed by atoms with Gasteiger partial charge in [0.15, 0.2) is 0 Å². The van der Waals surface area contributed by atoms with Gasteiger partial charge in [0.05, 0.1) is 0 Å². The average Bonchev–Trinajstić information content (AvgIpc) is 2.73. The van der Waals surface area contributed by atoms with Crippen LogP contribution in [0.25, 0.3) is 10.8 Å². The standard InChI is InChI=1S/C23H25N3O2/c1-25-12-14-26(15-13-25)22-9-5-8-19-10-11-20(16-21(19)22)24-23(27)28-17-18-6-3-2-4-7-18/h2-11,16H,12-15,17H2,1H3,(H,24,27). The fourth-order valence-corrected chi connectivity index (χ4v) is 3.53. The molecule has 0 bridgehead atoms. The van der Waals surface area contributed by atoms with E-state index in [1.165, 1.54) is 11.1 Å². The van der Waals surface area contributed by atoms with Gasteiger partial charge in [-0.3, -0.25) is 5.32 Å². The fourth-order valence-electron chi connectivity index (χ4n) is 3.53. The highest BCUT2D eigenvalue weighted by molar-refractivity contribution is 5.98. The number of carbonyl (C=O) groups excluding carboxylic acids is 1. The van der Waals surface area contributed by atoms with Crippen LogP contribution in [-0.4, -0.2) is 44.2 Å². The first-order chi connectivity index (χ1) is 13.7. The van der Waals surface area contributed by atoms with Crippen LogP contribution in [0.3, 0.4) is 0 Å². The van der Waals surface area contributed by atoms with E-state index in [9.17, 15) is 4.79 Å². The van der Waals surface area contributed by atoms with Gasteiger partial charge in [-0.05, 0) is 36.2 Å². The van der Waals surface area contributed by atoms with Gasteiger partial charge in [0.2, 0.25) is 0 Å². The zero-order chi connectivity index (χ0) is 19.3. The van der Waals surface area contributed by atoms with Gasteiger partial charge in [0.1, 0.15) is 6.61 Å².